The molecule has 0 aliphatic carbocycles. The normalized spacial score (nSPS) is 12.6. The van der Waals surface area contributed by atoms with Crippen molar-refractivity contribution < 1.29 is 35.5 Å². The fourth-order valence-corrected chi connectivity index (χ4v) is 1.92. The van der Waals surface area contributed by atoms with Crippen LogP contribution in [0.3, 0.4) is 0 Å². The van der Waals surface area contributed by atoms with Crippen molar-refractivity contribution in [3.63, 3.8) is 0 Å². The van der Waals surface area contributed by atoms with Gasteiger partial charge in [0, 0.05) is 12.4 Å². The van der Waals surface area contributed by atoms with Gasteiger partial charge in [-0.05, 0) is 12.1 Å². The summed E-state index contributed by atoms with van der Waals surface area (Å²) in [6.07, 6.45) is -6.34. The Bertz CT molecular complexity index is 903. The Balaban J connectivity index is 1.99. The van der Waals surface area contributed by atoms with Gasteiger partial charge in [-0.3, -0.25) is 4.98 Å². The summed E-state index contributed by atoms with van der Waals surface area (Å²) in [5, 5.41) is 0. The zero-order valence-corrected chi connectivity index (χ0v) is 12.0. The average molecular weight is 363 g/mol. The van der Waals surface area contributed by atoms with Crippen LogP contribution in [0.25, 0.3) is 22.7 Å². The maximum Gasteiger partial charge on any atom is 0.422 e. The number of ether oxygens (including phenoxy) is 1. The molecule has 3 aromatic heterocycles. The first-order valence-corrected chi connectivity index (χ1v) is 6.61. The lowest BCUT2D eigenvalue weighted by Crippen LogP contribution is -2.19. The molecular weight excluding hydrogens is 356 g/mol. The quantitative estimate of drug-likeness (QED) is 0.652. The van der Waals surface area contributed by atoms with E-state index in [2.05, 4.69) is 19.7 Å². The summed E-state index contributed by atoms with van der Waals surface area (Å²) in [6.45, 7) is -1.57. The molecule has 3 aromatic rings. The van der Waals surface area contributed by atoms with E-state index in [1.54, 1.807) is 0 Å². The van der Waals surface area contributed by atoms with Gasteiger partial charge in [0.25, 0.3) is 0 Å². The topological polar surface area (TPSA) is 61.0 Å². The highest BCUT2D eigenvalue weighted by Gasteiger charge is 2.32. The molecule has 0 aliphatic rings. The van der Waals surface area contributed by atoms with Gasteiger partial charge in [0.05, 0.1) is 17.3 Å². The van der Waals surface area contributed by atoms with E-state index in [4.69, 9.17) is 4.42 Å². The molecule has 25 heavy (non-hydrogen) atoms. The fraction of sp³-hybridized carbons (Fsp3) is 0.214. The van der Waals surface area contributed by atoms with Crippen molar-refractivity contribution in [1.82, 2.24) is 15.0 Å². The minimum Gasteiger partial charge on any atom is -0.482 e. The summed E-state index contributed by atoms with van der Waals surface area (Å²) in [7, 11) is 0. The van der Waals surface area contributed by atoms with Crippen LogP contribution in [0.4, 0.5) is 26.3 Å². The maximum absolute atomic E-state index is 12.7. The molecule has 0 fully saturated rings. The zero-order valence-electron chi connectivity index (χ0n) is 12.0. The largest absolute Gasteiger partial charge is 0.482 e. The van der Waals surface area contributed by atoms with Gasteiger partial charge >= 0.3 is 12.4 Å². The summed E-state index contributed by atoms with van der Waals surface area (Å²) < 4.78 is 84.8. The van der Waals surface area contributed by atoms with Crippen molar-refractivity contribution in [3.05, 3.63) is 36.3 Å². The van der Waals surface area contributed by atoms with E-state index in [-0.39, 0.29) is 28.4 Å². The first-order chi connectivity index (χ1) is 11.6. The molecule has 0 N–H and O–H groups in total. The molecule has 0 amide bonds. The Morgan fingerprint density at radius 3 is 2.52 bits per heavy atom. The van der Waals surface area contributed by atoms with E-state index in [1.165, 1.54) is 12.3 Å². The number of aromatic nitrogens is 3. The Hall–Kier alpha value is -2.85. The van der Waals surface area contributed by atoms with Crippen LogP contribution in [-0.2, 0) is 6.18 Å². The molecule has 0 spiro atoms. The van der Waals surface area contributed by atoms with Gasteiger partial charge < -0.3 is 9.15 Å². The summed E-state index contributed by atoms with van der Waals surface area (Å²) in [5.74, 6) is -0.510. The van der Waals surface area contributed by atoms with Crippen molar-refractivity contribution in [2.24, 2.45) is 0 Å². The highest BCUT2D eigenvalue weighted by Crippen LogP contribution is 2.34. The van der Waals surface area contributed by atoms with Gasteiger partial charge in [0.15, 0.2) is 12.4 Å². The standard InChI is InChI=1S/C14H7F6N3O2/c15-13(16,17)6-24-10-5-21-2-1-8(10)11-23-9-3-7(14(18,19)20)4-22-12(9)25-11/h1-5H,6H2. The third-order valence-electron chi connectivity index (χ3n) is 2.98. The smallest absolute Gasteiger partial charge is 0.422 e. The van der Waals surface area contributed by atoms with E-state index >= 15 is 0 Å². The van der Waals surface area contributed by atoms with Crippen LogP contribution >= 0.6 is 0 Å². The van der Waals surface area contributed by atoms with Gasteiger partial charge in [-0.1, -0.05) is 0 Å². The first kappa shape index (κ1) is 17.0. The van der Waals surface area contributed by atoms with Gasteiger partial charge in [0.1, 0.15) is 5.52 Å². The minimum absolute atomic E-state index is 0.00538. The van der Waals surface area contributed by atoms with Gasteiger partial charge in [-0.15, -0.1) is 0 Å². The Morgan fingerprint density at radius 1 is 1.08 bits per heavy atom. The van der Waals surface area contributed by atoms with E-state index in [0.717, 1.165) is 12.3 Å². The van der Waals surface area contributed by atoms with Crippen LogP contribution in [0.2, 0.25) is 0 Å². The Labute approximate surface area is 135 Å². The molecule has 0 saturated heterocycles. The second-order valence-electron chi connectivity index (χ2n) is 4.84. The molecular formula is C14H7F6N3O2. The van der Waals surface area contributed by atoms with Crippen LogP contribution in [0, 0.1) is 0 Å². The van der Waals surface area contributed by atoms with E-state index in [9.17, 15) is 26.3 Å². The lowest BCUT2D eigenvalue weighted by Gasteiger charge is -2.10. The SMILES string of the molecule is FC(F)(F)COc1cnccc1-c1nc2cc(C(F)(F)F)cnc2o1. The number of hydrogen-bond donors (Lipinski definition) is 0. The molecule has 0 saturated carbocycles. The van der Waals surface area contributed by atoms with Crippen molar-refractivity contribution >= 4 is 11.2 Å². The van der Waals surface area contributed by atoms with Crippen LogP contribution in [0.1, 0.15) is 5.56 Å². The van der Waals surface area contributed by atoms with E-state index in [1.807, 2.05) is 0 Å². The Morgan fingerprint density at radius 2 is 1.84 bits per heavy atom. The molecule has 3 rings (SSSR count). The number of oxazole rings is 1. The summed E-state index contributed by atoms with van der Waals surface area (Å²) in [4.78, 5) is 11.0. The lowest BCUT2D eigenvalue weighted by molar-refractivity contribution is -0.153. The molecule has 0 unspecified atom stereocenters. The van der Waals surface area contributed by atoms with Crippen LogP contribution in [-0.4, -0.2) is 27.7 Å². The van der Waals surface area contributed by atoms with Crippen molar-refractivity contribution in [1.29, 1.82) is 0 Å². The van der Waals surface area contributed by atoms with Gasteiger partial charge in [-0.2, -0.15) is 26.3 Å². The average Bonchev–Trinajstić information content (AvgIpc) is 2.94. The summed E-state index contributed by atoms with van der Waals surface area (Å²) in [5.41, 5.74) is -1.40. The monoisotopic (exact) mass is 363 g/mol. The molecule has 0 aromatic carbocycles. The predicted molar refractivity (Wildman–Crippen MR) is 71.6 cm³/mol. The van der Waals surface area contributed by atoms with Crippen LogP contribution in [0.5, 0.6) is 5.75 Å². The Kier molecular flexibility index (Phi) is 4.01. The molecule has 11 heteroatoms. The second kappa shape index (κ2) is 5.90. The third kappa shape index (κ3) is 3.80. The minimum atomic E-state index is -4.61. The highest BCUT2D eigenvalue weighted by atomic mass is 19.4. The van der Waals surface area contributed by atoms with Crippen molar-refractivity contribution in [2.75, 3.05) is 6.61 Å². The predicted octanol–water partition coefficient (Wildman–Crippen LogP) is 4.24. The zero-order chi connectivity index (χ0) is 18.2. The molecule has 5 nitrogen and oxygen atoms in total. The van der Waals surface area contributed by atoms with Crippen molar-refractivity contribution in [2.45, 2.75) is 12.4 Å². The summed E-state index contributed by atoms with van der Waals surface area (Å²) >= 11 is 0. The van der Waals surface area contributed by atoms with Crippen LogP contribution < -0.4 is 4.74 Å². The highest BCUT2D eigenvalue weighted by molar-refractivity contribution is 5.74. The number of alkyl halides is 6. The molecule has 0 aliphatic heterocycles. The number of hydrogen-bond acceptors (Lipinski definition) is 5. The number of rotatable bonds is 3. The molecule has 0 atom stereocenters. The lowest BCUT2D eigenvalue weighted by atomic mass is 10.2. The molecule has 132 valence electrons. The van der Waals surface area contributed by atoms with Gasteiger partial charge in [0.2, 0.25) is 11.6 Å². The number of fused-ring (bicyclic) bond motifs is 1. The molecule has 3 heterocycles. The van der Waals surface area contributed by atoms with E-state index < -0.39 is 24.5 Å². The first-order valence-electron chi connectivity index (χ1n) is 6.61. The van der Waals surface area contributed by atoms with Crippen LogP contribution in [0.15, 0.2) is 35.1 Å². The number of halogens is 6. The van der Waals surface area contributed by atoms with E-state index in [0.29, 0.717) is 6.20 Å². The maximum atomic E-state index is 12.7. The molecule has 0 radical (unpaired) electrons. The fourth-order valence-electron chi connectivity index (χ4n) is 1.92. The second-order valence-corrected chi connectivity index (χ2v) is 4.84. The number of nitrogens with zero attached hydrogens (tertiary/aromatic N) is 3. The van der Waals surface area contributed by atoms with Crippen molar-refractivity contribution in [3.8, 4) is 17.2 Å². The summed E-state index contributed by atoms with van der Waals surface area (Å²) in [6, 6.07) is 1.99. The molecule has 0 bridgehead atoms. The van der Waals surface area contributed by atoms with Gasteiger partial charge in [-0.25, -0.2) is 9.97 Å². The third-order valence-corrected chi connectivity index (χ3v) is 2.98. The number of pyridine rings is 2.